The van der Waals surface area contributed by atoms with E-state index in [-0.39, 0.29) is 11.7 Å². The van der Waals surface area contributed by atoms with Crippen LogP contribution in [0.4, 0.5) is 0 Å². The van der Waals surface area contributed by atoms with E-state index in [1.165, 1.54) is 0 Å². The van der Waals surface area contributed by atoms with Gasteiger partial charge in [-0.2, -0.15) is 0 Å². The fourth-order valence-corrected chi connectivity index (χ4v) is 2.34. The molecule has 3 heteroatoms. The largest absolute Gasteiger partial charge is 0.493 e. The van der Waals surface area contributed by atoms with Gasteiger partial charge in [0, 0.05) is 0 Å². The molecule has 0 bridgehead atoms. The molecule has 0 spiro atoms. The minimum absolute atomic E-state index is 0.100. The van der Waals surface area contributed by atoms with Crippen molar-refractivity contribution in [2.45, 2.75) is 12.8 Å². The highest BCUT2D eigenvalue weighted by molar-refractivity contribution is 5.87. The number of methoxy groups -OCH3 is 2. The molecule has 0 aliphatic rings. The molecule has 2 aromatic carbocycles. The standard InChI is InChI=1S/C17H18O3/c1-12(18)17(13-7-5-4-6-8-13)14-9-10-15(19-2)16(11-14)20-3/h4-11,17H,1-3H3. The molecule has 0 radical (unpaired) electrons. The second-order valence-corrected chi connectivity index (χ2v) is 4.57. The summed E-state index contributed by atoms with van der Waals surface area (Å²) in [5.74, 6) is 1.11. The maximum Gasteiger partial charge on any atom is 0.161 e. The lowest BCUT2D eigenvalue weighted by atomic mass is 9.88. The van der Waals surface area contributed by atoms with Crippen LogP contribution in [0.25, 0.3) is 0 Å². The number of rotatable bonds is 5. The highest BCUT2D eigenvalue weighted by Gasteiger charge is 2.20. The normalized spacial score (nSPS) is 11.8. The lowest BCUT2D eigenvalue weighted by Gasteiger charge is -2.17. The van der Waals surface area contributed by atoms with Crippen LogP contribution in [0.5, 0.6) is 11.5 Å². The van der Waals surface area contributed by atoms with Gasteiger partial charge in [0.25, 0.3) is 0 Å². The number of ketones is 1. The predicted molar refractivity (Wildman–Crippen MR) is 78.5 cm³/mol. The number of Topliss-reactive ketones (excluding diaryl/α,β-unsaturated/α-hetero) is 1. The second kappa shape index (κ2) is 6.24. The zero-order valence-electron chi connectivity index (χ0n) is 11.9. The molecule has 1 unspecified atom stereocenters. The van der Waals surface area contributed by atoms with Gasteiger partial charge in [0.15, 0.2) is 11.5 Å². The van der Waals surface area contributed by atoms with E-state index >= 15 is 0 Å². The van der Waals surface area contributed by atoms with E-state index in [2.05, 4.69) is 0 Å². The smallest absolute Gasteiger partial charge is 0.161 e. The maximum atomic E-state index is 12.0. The Hall–Kier alpha value is -2.29. The first-order valence-electron chi connectivity index (χ1n) is 6.44. The zero-order valence-corrected chi connectivity index (χ0v) is 11.9. The number of hydrogen-bond donors (Lipinski definition) is 0. The fraction of sp³-hybridized carbons (Fsp3) is 0.235. The quantitative estimate of drug-likeness (QED) is 0.835. The Kier molecular flexibility index (Phi) is 4.41. The first kappa shape index (κ1) is 14.1. The molecule has 104 valence electrons. The van der Waals surface area contributed by atoms with E-state index < -0.39 is 0 Å². The van der Waals surface area contributed by atoms with Crippen LogP contribution >= 0.6 is 0 Å². The van der Waals surface area contributed by atoms with Crippen LogP contribution in [-0.4, -0.2) is 20.0 Å². The van der Waals surface area contributed by atoms with Crippen molar-refractivity contribution in [3.63, 3.8) is 0 Å². The number of hydrogen-bond acceptors (Lipinski definition) is 3. The van der Waals surface area contributed by atoms with Gasteiger partial charge in [0.2, 0.25) is 0 Å². The molecular weight excluding hydrogens is 252 g/mol. The van der Waals surface area contributed by atoms with Crippen LogP contribution in [-0.2, 0) is 4.79 Å². The van der Waals surface area contributed by atoms with Crippen LogP contribution in [0, 0.1) is 0 Å². The van der Waals surface area contributed by atoms with Crippen molar-refractivity contribution < 1.29 is 14.3 Å². The summed E-state index contributed by atoms with van der Waals surface area (Å²) in [4.78, 5) is 12.0. The number of benzene rings is 2. The van der Waals surface area contributed by atoms with Crippen molar-refractivity contribution in [2.75, 3.05) is 14.2 Å². The van der Waals surface area contributed by atoms with Gasteiger partial charge in [-0.25, -0.2) is 0 Å². The molecule has 0 N–H and O–H groups in total. The van der Waals surface area contributed by atoms with E-state index in [1.807, 2.05) is 48.5 Å². The van der Waals surface area contributed by atoms with Crippen LogP contribution < -0.4 is 9.47 Å². The van der Waals surface area contributed by atoms with Gasteiger partial charge in [-0.1, -0.05) is 36.4 Å². The molecule has 0 aliphatic heterocycles. The first-order chi connectivity index (χ1) is 9.67. The maximum absolute atomic E-state index is 12.0. The Bertz CT molecular complexity index is 590. The average molecular weight is 270 g/mol. The van der Waals surface area contributed by atoms with Crippen molar-refractivity contribution in [1.29, 1.82) is 0 Å². The molecule has 20 heavy (non-hydrogen) atoms. The van der Waals surface area contributed by atoms with Gasteiger partial charge in [0.1, 0.15) is 5.78 Å². The number of carbonyl (C=O) groups is 1. The average Bonchev–Trinajstić information content (AvgIpc) is 2.48. The summed E-state index contributed by atoms with van der Waals surface area (Å²) in [6.45, 7) is 1.61. The van der Waals surface area contributed by atoms with Gasteiger partial charge >= 0.3 is 0 Å². The lowest BCUT2D eigenvalue weighted by molar-refractivity contribution is -0.117. The van der Waals surface area contributed by atoms with Crippen molar-refractivity contribution >= 4 is 5.78 Å². The van der Waals surface area contributed by atoms with Gasteiger partial charge in [-0.15, -0.1) is 0 Å². The summed E-state index contributed by atoms with van der Waals surface area (Å²) in [7, 11) is 3.18. The van der Waals surface area contributed by atoms with Crippen molar-refractivity contribution in [3.05, 3.63) is 59.7 Å². The van der Waals surface area contributed by atoms with Crippen LogP contribution in [0.1, 0.15) is 24.0 Å². The Balaban J connectivity index is 2.48. The minimum Gasteiger partial charge on any atom is -0.493 e. The molecule has 3 nitrogen and oxygen atoms in total. The summed E-state index contributed by atoms with van der Waals surface area (Å²) >= 11 is 0. The van der Waals surface area contributed by atoms with Crippen LogP contribution in [0.2, 0.25) is 0 Å². The summed E-state index contributed by atoms with van der Waals surface area (Å²) in [6.07, 6.45) is 0. The van der Waals surface area contributed by atoms with Crippen LogP contribution in [0.3, 0.4) is 0 Å². The molecule has 0 saturated heterocycles. The number of carbonyl (C=O) groups excluding carboxylic acids is 1. The van der Waals surface area contributed by atoms with Crippen molar-refractivity contribution in [2.24, 2.45) is 0 Å². The van der Waals surface area contributed by atoms with Gasteiger partial charge in [0.05, 0.1) is 20.1 Å². The molecule has 0 saturated carbocycles. The molecular formula is C17H18O3. The fourth-order valence-electron chi connectivity index (χ4n) is 2.34. The van der Waals surface area contributed by atoms with E-state index in [9.17, 15) is 4.79 Å². The third-order valence-corrected chi connectivity index (χ3v) is 3.28. The third kappa shape index (κ3) is 2.82. The molecule has 2 aromatic rings. The highest BCUT2D eigenvalue weighted by Crippen LogP contribution is 2.33. The molecule has 0 aromatic heterocycles. The Morgan fingerprint density at radius 1 is 0.900 bits per heavy atom. The highest BCUT2D eigenvalue weighted by atomic mass is 16.5. The Morgan fingerprint density at radius 3 is 2.10 bits per heavy atom. The monoisotopic (exact) mass is 270 g/mol. The predicted octanol–water partition coefficient (Wildman–Crippen LogP) is 3.42. The summed E-state index contributed by atoms with van der Waals surface area (Å²) in [5, 5.41) is 0. The summed E-state index contributed by atoms with van der Waals surface area (Å²) in [5.41, 5.74) is 1.88. The lowest BCUT2D eigenvalue weighted by Crippen LogP contribution is -2.10. The van der Waals surface area contributed by atoms with E-state index in [4.69, 9.17) is 9.47 Å². The Labute approximate surface area is 119 Å². The van der Waals surface area contributed by atoms with Gasteiger partial charge < -0.3 is 9.47 Å². The number of ether oxygens (including phenoxy) is 2. The van der Waals surface area contributed by atoms with Crippen molar-refractivity contribution in [3.8, 4) is 11.5 Å². The molecule has 0 fully saturated rings. The van der Waals surface area contributed by atoms with Crippen molar-refractivity contribution in [1.82, 2.24) is 0 Å². The topological polar surface area (TPSA) is 35.5 Å². The second-order valence-electron chi connectivity index (χ2n) is 4.57. The third-order valence-electron chi connectivity index (χ3n) is 3.28. The molecule has 2 rings (SSSR count). The molecule has 1 atom stereocenters. The zero-order chi connectivity index (χ0) is 14.5. The summed E-state index contributed by atoms with van der Waals surface area (Å²) in [6, 6.07) is 15.3. The summed E-state index contributed by atoms with van der Waals surface area (Å²) < 4.78 is 10.5. The SMILES string of the molecule is COc1ccc(C(C(C)=O)c2ccccc2)cc1OC. The van der Waals surface area contributed by atoms with Gasteiger partial charge in [-0.3, -0.25) is 4.79 Å². The van der Waals surface area contributed by atoms with Crippen LogP contribution in [0.15, 0.2) is 48.5 Å². The molecule has 0 amide bonds. The van der Waals surface area contributed by atoms with E-state index in [1.54, 1.807) is 21.1 Å². The minimum atomic E-state index is -0.281. The first-order valence-corrected chi connectivity index (χ1v) is 6.44. The Morgan fingerprint density at radius 2 is 1.55 bits per heavy atom. The molecule has 0 aliphatic carbocycles. The van der Waals surface area contributed by atoms with E-state index in [0.29, 0.717) is 11.5 Å². The molecule has 0 heterocycles. The van der Waals surface area contributed by atoms with Gasteiger partial charge in [-0.05, 0) is 30.2 Å². The van der Waals surface area contributed by atoms with E-state index in [0.717, 1.165) is 11.1 Å².